The Bertz CT molecular complexity index is 877. The monoisotopic (exact) mass is 363 g/mol. The number of aryl methyl sites for hydroxylation is 1. The molecule has 3 aromatic rings. The van der Waals surface area contributed by atoms with Crippen LogP contribution in [0.5, 0.6) is 0 Å². The number of aromatic nitrogens is 1. The molecule has 0 atom stereocenters. The minimum atomic E-state index is 0.540. The number of carbonyl (C=O) groups is 1. The predicted octanol–water partition coefficient (Wildman–Crippen LogP) is 6.76. The second-order valence-corrected chi connectivity index (χ2v) is 7.98. The van der Waals surface area contributed by atoms with Gasteiger partial charge in [0.15, 0.2) is 0 Å². The fourth-order valence-corrected chi connectivity index (χ4v) is 4.02. The van der Waals surface area contributed by atoms with E-state index in [1.54, 1.807) is 11.3 Å². The normalized spacial score (nSPS) is 11.1. The van der Waals surface area contributed by atoms with Crippen molar-refractivity contribution in [2.45, 2.75) is 46.0 Å². The van der Waals surface area contributed by atoms with Crippen LogP contribution in [-0.4, -0.2) is 11.3 Å². The Kier molecular flexibility index (Phi) is 6.00. The summed E-state index contributed by atoms with van der Waals surface area (Å²) in [6, 6.07) is 14.7. The molecule has 26 heavy (non-hydrogen) atoms. The van der Waals surface area contributed by atoms with Gasteiger partial charge in [-0.1, -0.05) is 63.6 Å². The van der Waals surface area contributed by atoms with E-state index in [9.17, 15) is 4.79 Å². The highest BCUT2D eigenvalue weighted by Crippen LogP contribution is 2.35. The molecule has 0 N–H and O–H groups in total. The van der Waals surface area contributed by atoms with Crippen LogP contribution in [0.25, 0.3) is 21.0 Å². The lowest BCUT2D eigenvalue weighted by molar-refractivity contribution is 0.112. The quantitative estimate of drug-likeness (QED) is 0.434. The molecule has 1 heterocycles. The first-order valence-corrected chi connectivity index (χ1v) is 10.1. The highest BCUT2D eigenvalue weighted by atomic mass is 32.1. The van der Waals surface area contributed by atoms with E-state index in [-0.39, 0.29) is 0 Å². The second-order valence-electron chi connectivity index (χ2n) is 6.94. The molecule has 0 spiro atoms. The maximum Gasteiger partial charge on any atom is 0.150 e. The summed E-state index contributed by atoms with van der Waals surface area (Å²) in [6.45, 7) is 6.60. The minimum absolute atomic E-state index is 0.540. The van der Waals surface area contributed by atoms with E-state index >= 15 is 0 Å². The number of benzene rings is 2. The molecule has 0 amide bonds. The van der Waals surface area contributed by atoms with Crippen molar-refractivity contribution in [1.29, 1.82) is 0 Å². The van der Waals surface area contributed by atoms with Gasteiger partial charge in [-0.15, -0.1) is 11.3 Å². The molecule has 0 radical (unpaired) electrons. The smallest absolute Gasteiger partial charge is 0.150 e. The molecule has 3 rings (SSSR count). The summed E-state index contributed by atoms with van der Waals surface area (Å²) in [4.78, 5) is 17.0. The summed E-state index contributed by atoms with van der Waals surface area (Å²) in [7, 11) is 0. The van der Waals surface area contributed by atoms with E-state index in [1.165, 1.54) is 21.6 Å². The van der Waals surface area contributed by atoms with Gasteiger partial charge in [0.2, 0.25) is 0 Å². The van der Waals surface area contributed by atoms with Gasteiger partial charge in [0.25, 0.3) is 0 Å². The zero-order valence-corrected chi connectivity index (χ0v) is 16.5. The maximum atomic E-state index is 11.1. The van der Waals surface area contributed by atoms with Gasteiger partial charge in [-0.25, -0.2) is 4.98 Å². The lowest BCUT2D eigenvalue weighted by Crippen LogP contribution is -1.92. The average molecular weight is 364 g/mol. The predicted molar refractivity (Wildman–Crippen MR) is 111 cm³/mol. The topological polar surface area (TPSA) is 30.0 Å². The molecule has 0 saturated heterocycles. The Hall–Kier alpha value is -2.26. The Balaban J connectivity index is 1.92. The summed E-state index contributed by atoms with van der Waals surface area (Å²) >= 11 is 1.71. The fourth-order valence-electron chi connectivity index (χ4n) is 3.03. The highest BCUT2D eigenvalue weighted by molar-refractivity contribution is 7.18. The van der Waals surface area contributed by atoms with E-state index in [4.69, 9.17) is 0 Å². The van der Waals surface area contributed by atoms with Gasteiger partial charge in [0.1, 0.15) is 11.3 Å². The van der Waals surface area contributed by atoms with Crippen molar-refractivity contribution in [3.8, 4) is 21.0 Å². The highest BCUT2D eigenvalue weighted by Gasteiger charge is 2.12. The van der Waals surface area contributed by atoms with Crippen molar-refractivity contribution in [1.82, 2.24) is 4.98 Å². The van der Waals surface area contributed by atoms with Crippen LogP contribution in [0.1, 0.15) is 61.0 Å². The van der Waals surface area contributed by atoms with Crippen LogP contribution in [-0.2, 0) is 6.42 Å². The van der Waals surface area contributed by atoms with Crippen molar-refractivity contribution in [2.75, 3.05) is 0 Å². The number of rotatable bonds is 7. The van der Waals surface area contributed by atoms with Crippen LogP contribution in [0.3, 0.4) is 0 Å². The van der Waals surface area contributed by atoms with Gasteiger partial charge in [-0.3, -0.25) is 4.79 Å². The fraction of sp³-hybridized carbons (Fsp3) is 0.304. The zero-order chi connectivity index (χ0) is 18.5. The molecular weight excluding hydrogens is 338 g/mol. The summed E-state index contributed by atoms with van der Waals surface area (Å²) in [5, 5.41) is 1.02. The SMILES string of the molecule is CCCCc1cc(C=O)ccc1-c1ncc(-c2ccc(C(C)C)cc2)s1. The molecule has 0 unspecified atom stereocenters. The first-order chi connectivity index (χ1) is 12.6. The molecule has 0 aliphatic carbocycles. The number of unbranched alkanes of at least 4 members (excludes halogenated alkanes) is 1. The number of hydrogen-bond acceptors (Lipinski definition) is 3. The van der Waals surface area contributed by atoms with Gasteiger partial charge in [0, 0.05) is 17.3 Å². The zero-order valence-electron chi connectivity index (χ0n) is 15.7. The summed E-state index contributed by atoms with van der Waals surface area (Å²) < 4.78 is 0. The summed E-state index contributed by atoms with van der Waals surface area (Å²) in [6.07, 6.45) is 6.11. The first kappa shape index (κ1) is 18.5. The van der Waals surface area contributed by atoms with Crippen LogP contribution in [0.15, 0.2) is 48.7 Å². The van der Waals surface area contributed by atoms with Crippen LogP contribution >= 0.6 is 11.3 Å². The lowest BCUT2D eigenvalue weighted by atomic mass is 10.00. The average Bonchev–Trinajstić information content (AvgIpc) is 3.16. The standard InChI is InChI=1S/C23H25NOS/c1-4-5-6-20-13-17(15-25)7-12-21(20)23-24-14-22(26-23)19-10-8-18(9-11-19)16(2)3/h7-16H,4-6H2,1-3H3. The molecule has 0 aliphatic rings. The molecule has 1 aromatic heterocycles. The van der Waals surface area contributed by atoms with Gasteiger partial charge >= 0.3 is 0 Å². The van der Waals surface area contributed by atoms with E-state index < -0.39 is 0 Å². The number of carbonyl (C=O) groups excluding carboxylic acids is 1. The van der Waals surface area contributed by atoms with E-state index in [0.29, 0.717) is 5.92 Å². The Morgan fingerprint density at radius 3 is 2.54 bits per heavy atom. The van der Waals surface area contributed by atoms with Crippen LogP contribution < -0.4 is 0 Å². The van der Waals surface area contributed by atoms with Crippen molar-refractivity contribution < 1.29 is 4.79 Å². The van der Waals surface area contributed by atoms with E-state index in [0.717, 1.165) is 41.7 Å². The van der Waals surface area contributed by atoms with Crippen LogP contribution in [0, 0.1) is 0 Å². The minimum Gasteiger partial charge on any atom is -0.298 e. The largest absolute Gasteiger partial charge is 0.298 e. The van der Waals surface area contributed by atoms with Gasteiger partial charge in [-0.05, 0) is 41.5 Å². The molecule has 0 aliphatic heterocycles. The molecule has 2 aromatic carbocycles. The molecular formula is C23H25NOS. The third-order valence-electron chi connectivity index (χ3n) is 4.66. The number of nitrogens with zero attached hydrogens (tertiary/aromatic N) is 1. The third kappa shape index (κ3) is 4.10. The summed E-state index contributed by atoms with van der Waals surface area (Å²) in [5.74, 6) is 0.540. The van der Waals surface area contributed by atoms with Gasteiger partial charge in [0.05, 0.1) is 4.88 Å². The van der Waals surface area contributed by atoms with Crippen molar-refractivity contribution >= 4 is 17.6 Å². The number of aldehydes is 1. The van der Waals surface area contributed by atoms with Crippen LogP contribution in [0.4, 0.5) is 0 Å². The van der Waals surface area contributed by atoms with E-state index in [1.807, 2.05) is 24.4 Å². The Labute approximate surface area is 159 Å². The number of hydrogen-bond donors (Lipinski definition) is 0. The van der Waals surface area contributed by atoms with Crippen LogP contribution in [0.2, 0.25) is 0 Å². The van der Waals surface area contributed by atoms with Crippen molar-refractivity contribution in [3.05, 3.63) is 65.4 Å². The first-order valence-electron chi connectivity index (χ1n) is 9.27. The molecule has 2 nitrogen and oxygen atoms in total. The van der Waals surface area contributed by atoms with Gasteiger partial charge < -0.3 is 0 Å². The Morgan fingerprint density at radius 2 is 1.88 bits per heavy atom. The molecule has 134 valence electrons. The molecule has 0 bridgehead atoms. The Morgan fingerprint density at radius 1 is 1.12 bits per heavy atom. The second kappa shape index (κ2) is 8.41. The van der Waals surface area contributed by atoms with Gasteiger partial charge in [-0.2, -0.15) is 0 Å². The van der Waals surface area contributed by atoms with Crippen molar-refractivity contribution in [2.24, 2.45) is 0 Å². The summed E-state index contributed by atoms with van der Waals surface area (Å²) in [5.41, 5.74) is 5.66. The maximum absolute atomic E-state index is 11.1. The van der Waals surface area contributed by atoms with E-state index in [2.05, 4.69) is 50.0 Å². The molecule has 3 heteroatoms. The third-order valence-corrected chi connectivity index (χ3v) is 5.74. The molecule has 0 saturated carbocycles. The lowest BCUT2D eigenvalue weighted by Gasteiger charge is -2.08. The van der Waals surface area contributed by atoms with Crippen molar-refractivity contribution in [3.63, 3.8) is 0 Å². The number of thiazole rings is 1. The molecule has 0 fully saturated rings.